The van der Waals surface area contributed by atoms with E-state index in [2.05, 4.69) is 27.5 Å². The molecule has 2 N–H and O–H groups in total. The molecule has 160 valence electrons. The van der Waals surface area contributed by atoms with Gasteiger partial charge in [0, 0.05) is 28.9 Å². The molecule has 5 nitrogen and oxygen atoms in total. The second kappa shape index (κ2) is 9.21. The highest BCUT2D eigenvalue weighted by atomic mass is 35.5. The summed E-state index contributed by atoms with van der Waals surface area (Å²) in [6, 6.07) is 15.1. The lowest BCUT2D eigenvalue weighted by atomic mass is 10.1. The minimum absolute atomic E-state index is 0.00949. The van der Waals surface area contributed by atoms with Crippen molar-refractivity contribution in [2.24, 2.45) is 11.8 Å². The maximum absolute atomic E-state index is 14.5. The molecule has 32 heavy (non-hydrogen) atoms. The van der Waals surface area contributed by atoms with Gasteiger partial charge in [-0.1, -0.05) is 48.6 Å². The first kappa shape index (κ1) is 21.5. The number of benzene rings is 2. The summed E-state index contributed by atoms with van der Waals surface area (Å²) in [6.07, 6.45) is 2.23. The Morgan fingerprint density at radius 2 is 1.78 bits per heavy atom. The maximum atomic E-state index is 14.5. The number of pyridine rings is 1. The lowest BCUT2D eigenvalue weighted by Crippen LogP contribution is -2.17. The Hall–Kier alpha value is -3.69. The van der Waals surface area contributed by atoms with Crippen LogP contribution >= 0.6 is 11.6 Å². The van der Waals surface area contributed by atoms with Gasteiger partial charge in [0.2, 0.25) is 5.91 Å². The van der Waals surface area contributed by atoms with Crippen molar-refractivity contribution >= 4 is 34.9 Å². The van der Waals surface area contributed by atoms with Crippen molar-refractivity contribution in [1.82, 2.24) is 4.98 Å². The van der Waals surface area contributed by atoms with Crippen LogP contribution in [0.4, 0.5) is 15.9 Å². The van der Waals surface area contributed by atoms with Crippen LogP contribution in [0.3, 0.4) is 0 Å². The highest BCUT2D eigenvalue weighted by molar-refractivity contribution is 6.34. The molecule has 1 aliphatic carbocycles. The van der Waals surface area contributed by atoms with Crippen molar-refractivity contribution in [2.45, 2.75) is 13.3 Å². The van der Waals surface area contributed by atoms with Crippen LogP contribution in [-0.2, 0) is 4.79 Å². The Morgan fingerprint density at radius 1 is 1.06 bits per heavy atom. The molecule has 1 aromatic heterocycles. The molecule has 2 aromatic carbocycles. The minimum Gasteiger partial charge on any atom is -0.326 e. The molecular weight excluding hydrogens is 429 g/mol. The maximum Gasteiger partial charge on any atom is 0.258 e. The molecule has 1 heterocycles. The molecule has 0 aliphatic heterocycles. The van der Waals surface area contributed by atoms with Crippen LogP contribution in [0, 0.1) is 29.5 Å². The number of rotatable bonds is 4. The average Bonchev–Trinajstić information content (AvgIpc) is 3.52. The van der Waals surface area contributed by atoms with E-state index in [9.17, 15) is 14.0 Å². The van der Waals surface area contributed by atoms with Gasteiger partial charge in [-0.05, 0) is 48.7 Å². The Bertz CT molecular complexity index is 1250. The van der Waals surface area contributed by atoms with Crippen LogP contribution in [0.15, 0.2) is 60.8 Å². The molecule has 1 unspecified atom stereocenters. The predicted octanol–water partition coefficient (Wildman–Crippen LogP) is 5.12. The number of carbonyl (C=O) groups is 2. The summed E-state index contributed by atoms with van der Waals surface area (Å²) in [6.45, 7) is 2.01. The molecule has 1 fully saturated rings. The predicted molar refractivity (Wildman–Crippen MR) is 122 cm³/mol. The van der Waals surface area contributed by atoms with E-state index in [1.165, 1.54) is 24.4 Å². The van der Waals surface area contributed by atoms with E-state index in [0.717, 1.165) is 12.0 Å². The van der Waals surface area contributed by atoms with Gasteiger partial charge in [-0.2, -0.15) is 0 Å². The van der Waals surface area contributed by atoms with Gasteiger partial charge < -0.3 is 10.6 Å². The summed E-state index contributed by atoms with van der Waals surface area (Å²) in [5.41, 5.74) is 1.72. The smallest absolute Gasteiger partial charge is 0.258 e. The lowest BCUT2D eigenvalue weighted by Gasteiger charge is -2.10. The van der Waals surface area contributed by atoms with Gasteiger partial charge in [-0.15, -0.1) is 0 Å². The van der Waals surface area contributed by atoms with Crippen molar-refractivity contribution in [3.63, 3.8) is 0 Å². The van der Waals surface area contributed by atoms with Gasteiger partial charge in [0.1, 0.15) is 0 Å². The van der Waals surface area contributed by atoms with E-state index in [4.69, 9.17) is 11.6 Å². The molecule has 0 saturated heterocycles. The molecule has 1 aliphatic rings. The molecule has 1 saturated carbocycles. The quantitative estimate of drug-likeness (QED) is 0.545. The first-order chi connectivity index (χ1) is 15.4. The molecule has 3 aromatic rings. The molecule has 2 amide bonds. The first-order valence-electron chi connectivity index (χ1n) is 10.0. The number of carbonyl (C=O) groups excluding carboxylic acids is 2. The van der Waals surface area contributed by atoms with Gasteiger partial charge in [0.25, 0.3) is 5.91 Å². The second-order valence-electron chi connectivity index (χ2n) is 7.63. The number of amides is 2. The molecule has 4 rings (SSSR count). The molecule has 7 heteroatoms. The summed E-state index contributed by atoms with van der Waals surface area (Å²) < 4.78 is 14.5. The van der Waals surface area contributed by atoms with Crippen LogP contribution < -0.4 is 10.6 Å². The van der Waals surface area contributed by atoms with Crippen molar-refractivity contribution in [3.05, 3.63) is 88.3 Å². The molecule has 0 radical (unpaired) electrons. The van der Waals surface area contributed by atoms with Gasteiger partial charge in [0.05, 0.1) is 10.6 Å². The third-order valence-corrected chi connectivity index (χ3v) is 5.45. The van der Waals surface area contributed by atoms with Crippen LogP contribution in [-0.4, -0.2) is 16.8 Å². The number of nitrogens with one attached hydrogen (secondary N) is 2. The Kier molecular flexibility index (Phi) is 6.20. The van der Waals surface area contributed by atoms with E-state index in [1.54, 1.807) is 6.07 Å². The topological polar surface area (TPSA) is 71.1 Å². The fourth-order valence-corrected chi connectivity index (χ4v) is 3.34. The van der Waals surface area contributed by atoms with Crippen molar-refractivity contribution in [3.8, 4) is 11.8 Å². The van der Waals surface area contributed by atoms with E-state index in [0.29, 0.717) is 17.2 Å². The number of nitrogens with zero attached hydrogens (tertiary/aromatic N) is 1. The highest BCUT2D eigenvalue weighted by Crippen LogP contribution is 2.38. The lowest BCUT2D eigenvalue weighted by molar-refractivity contribution is -0.117. The van der Waals surface area contributed by atoms with E-state index < -0.39 is 11.7 Å². The van der Waals surface area contributed by atoms with E-state index in [-0.39, 0.29) is 28.2 Å². The Balaban J connectivity index is 1.47. The summed E-state index contributed by atoms with van der Waals surface area (Å²) in [5, 5.41) is 5.38. The monoisotopic (exact) mass is 447 g/mol. The molecule has 0 bridgehead atoms. The van der Waals surface area contributed by atoms with Crippen molar-refractivity contribution < 1.29 is 14.0 Å². The zero-order valence-electron chi connectivity index (χ0n) is 17.2. The summed E-state index contributed by atoms with van der Waals surface area (Å²) in [5.74, 6) is 4.42. The van der Waals surface area contributed by atoms with Gasteiger partial charge in [0.15, 0.2) is 11.6 Å². The first-order valence-corrected chi connectivity index (χ1v) is 10.4. The van der Waals surface area contributed by atoms with Gasteiger partial charge >= 0.3 is 0 Å². The summed E-state index contributed by atoms with van der Waals surface area (Å²) in [7, 11) is 0. The third kappa shape index (κ3) is 5.13. The van der Waals surface area contributed by atoms with E-state index >= 15 is 0 Å². The SMILES string of the molecule is C[C@H]1CC1C(=O)Nc1ccc(Cl)c(C(=O)Nc2ncc(C#Cc3ccccc3)cc2F)c1. The minimum atomic E-state index is -0.721. The van der Waals surface area contributed by atoms with Crippen molar-refractivity contribution in [1.29, 1.82) is 0 Å². The normalized spacial score (nSPS) is 16.5. The second-order valence-corrected chi connectivity index (χ2v) is 8.04. The molecule has 0 spiro atoms. The fraction of sp³-hybridized carbons (Fsp3) is 0.160. The number of anilines is 2. The fourth-order valence-electron chi connectivity index (χ4n) is 3.14. The number of aromatic nitrogens is 1. The van der Waals surface area contributed by atoms with Crippen molar-refractivity contribution in [2.75, 3.05) is 10.6 Å². The summed E-state index contributed by atoms with van der Waals surface area (Å²) >= 11 is 6.15. The zero-order valence-corrected chi connectivity index (χ0v) is 17.9. The average molecular weight is 448 g/mol. The van der Waals surface area contributed by atoms with Crippen LogP contribution in [0.1, 0.15) is 34.8 Å². The number of halogens is 2. The third-order valence-electron chi connectivity index (χ3n) is 5.12. The highest BCUT2D eigenvalue weighted by Gasteiger charge is 2.39. The van der Waals surface area contributed by atoms with Crippen LogP contribution in [0.5, 0.6) is 0 Å². The van der Waals surface area contributed by atoms with E-state index in [1.807, 2.05) is 37.3 Å². The number of hydrogen-bond donors (Lipinski definition) is 2. The van der Waals surface area contributed by atoms with Crippen LogP contribution in [0.2, 0.25) is 5.02 Å². The Morgan fingerprint density at radius 3 is 2.47 bits per heavy atom. The zero-order chi connectivity index (χ0) is 22.7. The van der Waals surface area contributed by atoms with Crippen LogP contribution in [0.25, 0.3) is 0 Å². The summed E-state index contributed by atoms with van der Waals surface area (Å²) in [4.78, 5) is 28.8. The standard InChI is InChI=1S/C25H19ClFN3O2/c1-15-11-19(15)24(31)29-18-9-10-21(26)20(13-18)25(32)30-23-22(27)12-17(14-28-23)8-7-16-5-3-2-4-6-16/h2-6,9-10,12-15,19H,11H2,1H3,(H,29,31)(H,28,30,32)/t15-,19?/m0/s1. The number of hydrogen-bond acceptors (Lipinski definition) is 3. The molecular formula is C25H19ClFN3O2. The van der Waals surface area contributed by atoms with Gasteiger partial charge in [-0.25, -0.2) is 9.37 Å². The Labute approximate surface area is 190 Å². The molecule has 2 atom stereocenters. The largest absolute Gasteiger partial charge is 0.326 e. The van der Waals surface area contributed by atoms with Gasteiger partial charge in [-0.3, -0.25) is 9.59 Å².